The fourth-order valence-corrected chi connectivity index (χ4v) is 3.22. The van der Waals surface area contributed by atoms with Gasteiger partial charge in [-0.05, 0) is 43.2 Å². The minimum atomic E-state index is -0.432. The number of benzene rings is 2. The molecule has 0 aliphatic heterocycles. The molecule has 3 rings (SSSR count). The van der Waals surface area contributed by atoms with E-state index in [1.165, 1.54) is 28.8 Å². The molecule has 1 aromatic heterocycles. The zero-order chi connectivity index (χ0) is 20.8. The number of aryl methyl sites for hydroxylation is 2. The van der Waals surface area contributed by atoms with E-state index in [0.717, 1.165) is 5.82 Å². The molecule has 0 unspecified atom stereocenters. The molecule has 0 saturated carbocycles. The van der Waals surface area contributed by atoms with E-state index in [1.54, 1.807) is 30.3 Å². The van der Waals surface area contributed by atoms with Crippen molar-refractivity contribution in [1.29, 1.82) is 0 Å². The number of amides is 1. The van der Waals surface area contributed by atoms with Gasteiger partial charge in [-0.3, -0.25) is 4.79 Å². The largest absolute Gasteiger partial charge is 0.383 e. The highest BCUT2D eigenvalue weighted by Gasteiger charge is 2.19. The van der Waals surface area contributed by atoms with Crippen molar-refractivity contribution >= 4 is 5.91 Å². The number of ether oxygens (including phenoxy) is 1. The summed E-state index contributed by atoms with van der Waals surface area (Å²) in [6.07, 6.45) is 3.65. The molecule has 0 aliphatic carbocycles. The van der Waals surface area contributed by atoms with Crippen LogP contribution in [0.2, 0.25) is 0 Å². The molecular formula is C23H26FN3O2. The van der Waals surface area contributed by atoms with Crippen LogP contribution in [0.15, 0.2) is 54.9 Å². The van der Waals surface area contributed by atoms with Crippen molar-refractivity contribution in [2.45, 2.75) is 26.9 Å². The van der Waals surface area contributed by atoms with Crippen molar-refractivity contribution in [2.75, 3.05) is 20.3 Å². The van der Waals surface area contributed by atoms with Gasteiger partial charge in [0.05, 0.1) is 13.2 Å². The summed E-state index contributed by atoms with van der Waals surface area (Å²) in [6.45, 7) is 5.93. The van der Waals surface area contributed by atoms with Gasteiger partial charge in [-0.15, -0.1) is 0 Å². The standard InChI is InChI=1S/C23H26FN3O2/c1-17-7-8-18(2)20(13-17)15-26-10-9-25-22(26)16-27(11-12-29-3)23(28)19-5-4-6-21(24)14-19/h4-10,13-14H,11-12,15-16H2,1-3H3. The molecule has 0 saturated heterocycles. The Kier molecular flexibility index (Phi) is 6.77. The maximum Gasteiger partial charge on any atom is 0.254 e. The summed E-state index contributed by atoms with van der Waals surface area (Å²) < 4.78 is 20.8. The maximum absolute atomic E-state index is 13.6. The highest BCUT2D eigenvalue weighted by atomic mass is 19.1. The minimum Gasteiger partial charge on any atom is -0.383 e. The summed E-state index contributed by atoms with van der Waals surface area (Å²) in [6, 6.07) is 12.1. The van der Waals surface area contributed by atoms with Gasteiger partial charge in [-0.1, -0.05) is 29.8 Å². The summed E-state index contributed by atoms with van der Waals surface area (Å²) in [7, 11) is 1.59. The van der Waals surface area contributed by atoms with Crippen LogP contribution in [0.5, 0.6) is 0 Å². The second kappa shape index (κ2) is 9.47. The van der Waals surface area contributed by atoms with Crippen molar-refractivity contribution in [3.8, 4) is 0 Å². The van der Waals surface area contributed by atoms with E-state index in [2.05, 4.69) is 37.0 Å². The Balaban J connectivity index is 1.82. The number of halogens is 1. The monoisotopic (exact) mass is 395 g/mol. The Bertz CT molecular complexity index is 984. The summed E-state index contributed by atoms with van der Waals surface area (Å²) >= 11 is 0. The molecule has 0 aliphatic rings. The van der Waals surface area contributed by atoms with Crippen LogP contribution in [0, 0.1) is 19.7 Å². The molecule has 1 heterocycles. The third-order valence-corrected chi connectivity index (χ3v) is 4.90. The number of hydrogen-bond donors (Lipinski definition) is 0. The number of rotatable bonds is 8. The Morgan fingerprint density at radius 1 is 1.21 bits per heavy atom. The first-order valence-corrected chi connectivity index (χ1v) is 9.58. The van der Waals surface area contributed by atoms with Crippen molar-refractivity contribution in [3.05, 3.63) is 88.8 Å². The lowest BCUT2D eigenvalue weighted by atomic mass is 10.1. The van der Waals surface area contributed by atoms with Crippen LogP contribution in [0.25, 0.3) is 0 Å². The summed E-state index contributed by atoms with van der Waals surface area (Å²) in [5.74, 6) is 0.0913. The molecule has 0 N–H and O–H groups in total. The summed E-state index contributed by atoms with van der Waals surface area (Å²) in [5, 5.41) is 0. The maximum atomic E-state index is 13.6. The molecule has 2 aromatic carbocycles. The lowest BCUT2D eigenvalue weighted by molar-refractivity contribution is 0.0673. The average molecular weight is 395 g/mol. The number of carbonyl (C=O) groups excluding carboxylic acids is 1. The van der Waals surface area contributed by atoms with Gasteiger partial charge in [0, 0.05) is 38.2 Å². The van der Waals surface area contributed by atoms with Crippen molar-refractivity contribution in [1.82, 2.24) is 14.5 Å². The smallest absolute Gasteiger partial charge is 0.254 e. The van der Waals surface area contributed by atoms with E-state index in [1.807, 2.05) is 10.8 Å². The molecule has 3 aromatic rings. The molecule has 0 radical (unpaired) electrons. The highest BCUT2D eigenvalue weighted by Crippen LogP contribution is 2.15. The van der Waals surface area contributed by atoms with Gasteiger partial charge in [0.1, 0.15) is 11.6 Å². The number of imidazole rings is 1. The predicted octanol–water partition coefficient (Wildman–Crippen LogP) is 3.98. The highest BCUT2D eigenvalue weighted by molar-refractivity contribution is 5.94. The lowest BCUT2D eigenvalue weighted by Gasteiger charge is -2.23. The van der Waals surface area contributed by atoms with E-state index in [9.17, 15) is 9.18 Å². The fraction of sp³-hybridized carbons (Fsp3) is 0.304. The Morgan fingerprint density at radius 3 is 2.79 bits per heavy atom. The summed E-state index contributed by atoms with van der Waals surface area (Å²) in [5.41, 5.74) is 3.94. The summed E-state index contributed by atoms with van der Waals surface area (Å²) in [4.78, 5) is 19.1. The van der Waals surface area contributed by atoms with Gasteiger partial charge in [0.2, 0.25) is 0 Å². The van der Waals surface area contributed by atoms with Gasteiger partial charge in [-0.2, -0.15) is 0 Å². The number of carbonyl (C=O) groups is 1. The minimum absolute atomic E-state index is 0.247. The molecule has 0 bridgehead atoms. The van der Waals surface area contributed by atoms with Crippen molar-refractivity contribution in [3.63, 3.8) is 0 Å². The van der Waals surface area contributed by atoms with Gasteiger partial charge in [0.15, 0.2) is 0 Å². The van der Waals surface area contributed by atoms with Gasteiger partial charge in [-0.25, -0.2) is 9.37 Å². The van der Waals surface area contributed by atoms with E-state index < -0.39 is 5.82 Å². The molecular weight excluding hydrogens is 369 g/mol. The van der Waals surface area contributed by atoms with Crippen LogP contribution in [-0.4, -0.2) is 40.6 Å². The van der Waals surface area contributed by atoms with Crippen molar-refractivity contribution < 1.29 is 13.9 Å². The average Bonchev–Trinajstić information content (AvgIpc) is 3.14. The Hall–Kier alpha value is -2.99. The molecule has 29 heavy (non-hydrogen) atoms. The zero-order valence-electron chi connectivity index (χ0n) is 17.1. The van der Waals surface area contributed by atoms with Crippen LogP contribution in [-0.2, 0) is 17.8 Å². The number of methoxy groups -OCH3 is 1. The van der Waals surface area contributed by atoms with E-state index in [-0.39, 0.29) is 5.91 Å². The van der Waals surface area contributed by atoms with E-state index >= 15 is 0 Å². The molecule has 0 atom stereocenters. The van der Waals surface area contributed by atoms with E-state index in [0.29, 0.717) is 31.8 Å². The Morgan fingerprint density at radius 2 is 2.03 bits per heavy atom. The molecule has 6 heteroatoms. The first kappa shape index (κ1) is 20.7. The van der Waals surface area contributed by atoms with Crippen LogP contribution in [0.4, 0.5) is 4.39 Å². The third-order valence-electron chi connectivity index (χ3n) is 4.90. The van der Waals surface area contributed by atoms with Crippen molar-refractivity contribution in [2.24, 2.45) is 0 Å². The fourth-order valence-electron chi connectivity index (χ4n) is 3.22. The molecule has 0 fully saturated rings. The van der Waals surface area contributed by atoms with Crippen LogP contribution < -0.4 is 0 Å². The van der Waals surface area contributed by atoms with Crippen LogP contribution in [0.1, 0.15) is 32.9 Å². The second-order valence-electron chi connectivity index (χ2n) is 7.13. The lowest BCUT2D eigenvalue weighted by Crippen LogP contribution is -2.34. The molecule has 5 nitrogen and oxygen atoms in total. The predicted molar refractivity (Wildman–Crippen MR) is 110 cm³/mol. The number of nitrogens with zero attached hydrogens (tertiary/aromatic N) is 3. The quantitative estimate of drug-likeness (QED) is 0.580. The van der Waals surface area contributed by atoms with Gasteiger partial charge >= 0.3 is 0 Å². The first-order valence-electron chi connectivity index (χ1n) is 9.58. The molecule has 1 amide bonds. The normalized spacial score (nSPS) is 10.9. The van der Waals surface area contributed by atoms with E-state index in [4.69, 9.17) is 4.74 Å². The van der Waals surface area contributed by atoms with Gasteiger partial charge in [0.25, 0.3) is 5.91 Å². The van der Waals surface area contributed by atoms with Gasteiger partial charge < -0.3 is 14.2 Å². The molecule has 152 valence electrons. The zero-order valence-corrected chi connectivity index (χ0v) is 17.1. The second-order valence-corrected chi connectivity index (χ2v) is 7.13. The van der Waals surface area contributed by atoms with Crippen LogP contribution in [0.3, 0.4) is 0 Å². The number of hydrogen-bond acceptors (Lipinski definition) is 3. The SMILES string of the molecule is COCCN(Cc1nccn1Cc1cc(C)ccc1C)C(=O)c1cccc(F)c1. The third kappa shape index (κ3) is 5.29. The first-order chi connectivity index (χ1) is 14.0. The molecule has 0 spiro atoms. The van der Waals surface area contributed by atoms with Crippen LogP contribution >= 0.6 is 0 Å². The topological polar surface area (TPSA) is 47.4 Å². The number of aromatic nitrogens is 2. The Labute approximate surface area is 170 Å².